The second kappa shape index (κ2) is 5.83. The summed E-state index contributed by atoms with van der Waals surface area (Å²) < 4.78 is 5.70. The first-order valence-corrected chi connectivity index (χ1v) is 8.72. The zero-order chi connectivity index (χ0) is 18.5. The van der Waals surface area contributed by atoms with Gasteiger partial charge in [0, 0.05) is 24.2 Å². The highest BCUT2D eigenvalue weighted by Gasteiger charge is 2.26. The monoisotopic (exact) mass is 350 g/mol. The molecule has 4 rings (SSSR count). The number of nitrogens with zero attached hydrogens (tertiary/aromatic N) is 3. The van der Waals surface area contributed by atoms with E-state index in [0.29, 0.717) is 23.3 Å². The van der Waals surface area contributed by atoms with Gasteiger partial charge in [0.2, 0.25) is 0 Å². The molecule has 26 heavy (non-hydrogen) atoms. The smallest absolute Gasteiger partial charge is 0.171 e. The summed E-state index contributed by atoms with van der Waals surface area (Å²) in [5.74, 6) is 0.926. The number of aromatic amines is 1. The van der Waals surface area contributed by atoms with Crippen LogP contribution in [0.1, 0.15) is 31.1 Å². The fourth-order valence-electron chi connectivity index (χ4n) is 3.12. The molecule has 0 aliphatic carbocycles. The number of fused-ring (bicyclic) bond motifs is 2. The number of ketones is 1. The Morgan fingerprint density at radius 3 is 2.88 bits per heavy atom. The molecular formula is C20H22N4O2. The van der Waals surface area contributed by atoms with E-state index in [-0.39, 0.29) is 5.78 Å². The van der Waals surface area contributed by atoms with E-state index in [1.54, 1.807) is 12.4 Å². The van der Waals surface area contributed by atoms with E-state index in [0.717, 1.165) is 29.2 Å². The molecule has 0 bridgehead atoms. The molecule has 3 heterocycles. The lowest BCUT2D eigenvalue weighted by molar-refractivity contribution is 0.0860. The van der Waals surface area contributed by atoms with E-state index in [4.69, 9.17) is 9.72 Å². The van der Waals surface area contributed by atoms with Crippen molar-refractivity contribution >= 4 is 22.6 Å². The average Bonchev–Trinajstić information content (AvgIpc) is 3.03. The van der Waals surface area contributed by atoms with Gasteiger partial charge in [0.25, 0.3) is 0 Å². The molecule has 6 heteroatoms. The van der Waals surface area contributed by atoms with E-state index in [2.05, 4.69) is 20.9 Å². The highest BCUT2D eigenvalue weighted by atomic mass is 16.5. The van der Waals surface area contributed by atoms with Gasteiger partial charge in [-0.15, -0.1) is 0 Å². The Balaban J connectivity index is 1.81. The molecule has 1 aliphatic rings. The van der Waals surface area contributed by atoms with Gasteiger partial charge >= 0.3 is 0 Å². The van der Waals surface area contributed by atoms with Gasteiger partial charge in [-0.05, 0) is 18.2 Å². The molecular weight excluding hydrogens is 328 g/mol. The molecule has 3 aromatic rings. The lowest BCUT2D eigenvalue weighted by Gasteiger charge is -2.28. The number of anilines is 1. The van der Waals surface area contributed by atoms with E-state index in [1.165, 1.54) is 0 Å². The number of benzene rings is 1. The maximum absolute atomic E-state index is 12.7. The number of hydrogen-bond acceptors (Lipinski definition) is 5. The highest BCUT2D eigenvalue weighted by molar-refractivity contribution is 6.08. The van der Waals surface area contributed by atoms with E-state index in [9.17, 15) is 4.79 Å². The summed E-state index contributed by atoms with van der Waals surface area (Å²) >= 11 is 0. The van der Waals surface area contributed by atoms with Crippen LogP contribution in [0.4, 0.5) is 5.69 Å². The van der Waals surface area contributed by atoms with Crippen LogP contribution in [0.25, 0.3) is 22.4 Å². The van der Waals surface area contributed by atoms with Crippen LogP contribution >= 0.6 is 0 Å². The molecule has 0 spiro atoms. The molecule has 1 aromatic carbocycles. The van der Waals surface area contributed by atoms with Crippen LogP contribution in [0, 0.1) is 5.41 Å². The van der Waals surface area contributed by atoms with Gasteiger partial charge in [0.1, 0.15) is 17.9 Å². The van der Waals surface area contributed by atoms with Crippen molar-refractivity contribution in [3.8, 4) is 17.0 Å². The first-order chi connectivity index (χ1) is 12.3. The van der Waals surface area contributed by atoms with Crippen LogP contribution in [-0.2, 0) is 0 Å². The standard InChI is InChI=1S/C20H22N4O2/c1-20(2,3)18(25)13-10-21-19-17(13)23-14(11-22-19)12-5-6-16-15(9-12)24(4)7-8-26-16/h5-6,9-11H,7-8H2,1-4H3,(H,21,22). The minimum atomic E-state index is -0.474. The summed E-state index contributed by atoms with van der Waals surface area (Å²) in [4.78, 5) is 27.1. The lowest BCUT2D eigenvalue weighted by atomic mass is 9.87. The molecule has 6 nitrogen and oxygen atoms in total. The Kier molecular flexibility index (Phi) is 3.72. The number of carbonyl (C=O) groups excluding carboxylic acids is 1. The molecule has 2 aromatic heterocycles. The van der Waals surface area contributed by atoms with Crippen molar-refractivity contribution in [2.75, 3.05) is 25.1 Å². The molecule has 0 amide bonds. The molecule has 0 saturated heterocycles. The Bertz CT molecular complexity index is 1000. The Labute approximate surface area is 152 Å². The first kappa shape index (κ1) is 16.6. The van der Waals surface area contributed by atoms with Crippen molar-refractivity contribution < 1.29 is 9.53 Å². The third-order valence-electron chi connectivity index (χ3n) is 4.66. The van der Waals surface area contributed by atoms with E-state index in [1.807, 2.05) is 40.0 Å². The number of nitrogens with one attached hydrogen (secondary N) is 1. The van der Waals surface area contributed by atoms with Gasteiger partial charge in [0.05, 0.1) is 29.7 Å². The van der Waals surface area contributed by atoms with Gasteiger partial charge in [-0.3, -0.25) is 4.79 Å². The largest absolute Gasteiger partial charge is 0.490 e. The number of H-pyrrole nitrogens is 1. The van der Waals surface area contributed by atoms with Crippen molar-refractivity contribution in [3.05, 3.63) is 36.2 Å². The Hall–Kier alpha value is -2.89. The molecule has 0 unspecified atom stereocenters. The second-order valence-electron chi connectivity index (χ2n) is 7.69. The maximum Gasteiger partial charge on any atom is 0.171 e. The van der Waals surface area contributed by atoms with Crippen LogP contribution in [-0.4, -0.2) is 40.9 Å². The van der Waals surface area contributed by atoms with E-state index >= 15 is 0 Å². The zero-order valence-corrected chi connectivity index (χ0v) is 15.5. The van der Waals surface area contributed by atoms with Gasteiger partial charge in [-0.25, -0.2) is 9.97 Å². The number of likely N-dealkylation sites (N-methyl/N-ethyl adjacent to an activating group) is 1. The van der Waals surface area contributed by atoms with Crippen molar-refractivity contribution in [2.45, 2.75) is 20.8 Å². The zero-order valence-electron chi connectivity index (χ0n) is 15.5. The predicted molar refractivity (Wildman–Crippen MR) is 102 cm³/mol. The molecule has 0 saturated carbocycles. The summed E-state index contributed by atoms with van der Waals surface area (Å²) in [5, 5.41) is 0. The fourth-order valence-corrected chi connectivity index (χ4v) is 3.12. The summed E-state index contributed by atoms with van der Waals surface area (Å²) in [7, 11) is 2.05. The first-order valence-electron chi connectivity index (χ1n) is 8.72. The summed E-state index contributed by atoms with van der Waals surface area (Å²) in [6.45, 7) is 7.26. The summed E-state index contributed by atoms with van der Waals surface area (Å²) in [6.07, 6.45) is 3.44. The molecule has 0 radical (unpaired) electrons. The van der Waals surface area contributed by atoms with Gasteiger partial charge < -0.3 is 14.6 Å². The van der Waals surface area contributed by atoms with Crippen LogP contribution in [0.5, 0.6) is 5.75 Å². The Morgan fingerprint density at radius 2 is 2.12 bits per heavy atom. The summed E-state index contributed by atoms with van der Waals surface area (Å²) in [5.41, 5.74) is 4.08. The lowest BCUT2D eigenvalue weighted by Crippen LogP contribution is -2.28. The number of rotatable bonds is 2. The van der Waals surface area contributed by atoms with Crippen molar-refractivity contribution in [1.82, 2.24) is 15.0 Å². The van der Waals surface area contributed by atoms with Gasteiger partial charge in [-0.1, -0.05) is 20.8 Å². The third-order valence-corrected chi connectivity index (χ3v) is 4.66. The quantitative estimate of drug-likeness (QED) is 0.714. The molecule has 134 valence electrons. The number of hydrogen-bond donors (Lipinski definition) is 1. The number of aromatic nitrogens is 3. The predicted octanol–water partition coefficient (Wildman–Crippen LogP) is 3.68. The van der Waals surface area contributed by atoms with Crippen LogP contribution < -0.4 is 9.64 Å². The van der Waals surface area contributed by atoms with Crippen molar-refractivity contribution in [1.29, 1.82) is 0 Å². The number of Topliss-reactive ketones (excluding diaryl/α,β-unsaturated/α-hetero) is 1. The fraction of sp³-hybridized carbons (Fsp3) is 0.350. The second-order valence-corrected chi connectivity index (χ2v) is 7.69. The van der Waals surface area contributed by atoms with Gasteiger partial charge in [-0.2, -0.15) is 0 Å². The average molecular weight is 350 g/mol. The third kappa shape index (κ3) is 2.71. The van der Waals surface area contributed by atoms with Crippen LogP contribution in [0.3, 0.4) is 0 Å². The molecule has 0 fully saturated rings. The Morgan fingerprint density at radius 1 is 1.31 bits per heavy atom. The van der Waals surface area contributed by atoms with Crippen LogP contribution in [0.15, 0.2) is 30.6 Å². The van der Waals surface area contributed by atoms with E-state index < -0.39 is 5.41 Å². The highest BCUT2D eigenvalue weighted by Crippen LogP contribution is 2.35. The van der Waals surface area contributed by atoms with Crippen molar-refractivity contribution in [3.63, 3.8) is 0 Å². The normalized spacial score (nSPS) is 14.2. The minimum Gasteiger partial charge on any atom is -0.490 e. The molecule has 1 aliphatic heterocycles. The summed E-state index contributed by atoms with van der Waals surface area (Å²) in [6, 6.07) is 6.00. The van der Waals surface area contributed by atoms with Gasteiger partial charge in [0.15, 0.2) is 11.4 Å². The molecule has 1 N–H and O–H groups in total. The van der Waals surface area contributed by atoms with Crippen molar-refractivity contribution in [2.24, 2.45) is 5.41 Å². The molecule has 0 atom stereocenters. The maximum atomic E-state index is 12.7. The minimum absolute atomic E-state index is 0.0498. The SMILES string of the molecule is CN1CCOc2ccc(-c3cnc4[nH]cc(C(=O)C(C)(C)C)c4n3)cc21. The van der Waals surface area contributed by atoms with Crippen LogP contribution in [0.2, 0.25) is 0 Å². The number of ether oxygens (including phenoxy) is 1. The topological polar surface area (TPSA) is 71.1 Å². The number of carbonyl (C=O) groups is 1.